The van der Waals surface area contributed by atoms with Gasteiger partial charge in [0, 0.05) is 6.42 Å². The largest absolute Gasteiger partial charge is 0.492 e. The molecule has 0 radical (unpaired) electrons. The zero-order chi connectivity index (χ0) is 15.2. The number of benzene rings is 1. The van der Waals surface area contributed by atoms with E-state index in [0.717, 1.165) is 34.5 Å². The van der Waals surface area contributed by atoms with Gasteiger partial charge in [-0.15, -0.1) is 0 Å². The molecular formula is C16H22NO4+. The fourth-order valence-electron chi connectivity index (χ4n) is 3.39. The Morgan fingerprint density at radius 1 is 1.43 bits per heavy atom. The molecule has 0 spiro atoms. The summed E-state index contributed by atoms with van der Waals surface area (Å²) in [6.07, 6.45) is 1.46. The van der Waals surface area contributed by atoms with Gasteiger partial charge in [0.1, 0.15) is 11.8 Å². The number of carbonyl (C=O) groups is 1. The number of methoxy groups -OCH3 is 1. The number of hydrogen-bond donors (Lipinski definition) is 0. The highest BCUT2D eigenvalue weighted by atomic mass is 16.7. The van der Waals surface area contributed by atoms with Crippen molar-refractivity contribution >= 4 is 5.78 Å². The van der Waals surface area contributed by atoms with Crippen molar-refractivity contribution in [3.63, 3.8) is 0 Å². The zero-order valence-corrected chi connectivity index (χ0v) is 13.1. The lowest BCUT2D eigenvalue weighted by molar-refractivity contribution is -0.922. The summed E-state index contributed by atoms with van der Waals surface area (Å²) in [5, 5.41) is 0. The summed E-state index contributed by atoms with van der Waals surface area (Å²) in [4.78, 5) is 11.7. The maximum atomic E-state index is 11.7. The molecule has 1 atom stereocenters. The van der Waals surface area contributed by atoms with E-state index in [0.29, 0.717) is 12.2 Å². The SMILES string of the molecule is COc1c2c(cc3c1[C@H](CC(C)=O)[N+](C)(C)CC3)OCO2. The average Bonchev–Trinajstić information content (AvgIpc) is 2.87. The second kappa shape index (κ2) is 4.91. The Balaban J connectivity index is 2.18. The van der Waals surface area contributed by atoms with E-state index in [-0.39, 0.29) is 18.6 Å². The number of likely N-dealkylation sites (N-methyl/N-ethyl adjacent to an activating group) is 1. The minimum Gasteiger partial charge on any atom is -0.492 e. The van der Waals surface area contributed by atoms with E-state index in [4.69, 9.17) is 14.2 Å². The van der Waals surface area contributed by atoms with E-state index < -0.39 is 0 Å². The van der Waals surface area contributed by atoms with Crippen molar-refractivity contribution in [3.05, 3.63) is 17.2 Å². The van der Waals surface area contributed by atoms with Gasteiger partial charge in [0.2, 0.25) is 12.5 Å². The number of Topliss-reactive ketones (excluding diaryl/α,β-unsaturated/α-hetero) is 1. The Morgan fingerprint density at radius 3 is 2.86 bits per heavy atom. The maximum Gasteiger partial charge on any atom is 0.231 e. The summed E-state index contributed by atoms with van der Waals surface area (Å²) in [6, 6.07) is 2.14. The fourth-order valence-corrected chi connectivity index (χ4v) is 3.39. The zero-order valence-electron chi connectivity index (χ0n) is 13.1. The van der Waals surface area contributed by atoms with Crippen LogP contribution < -0.4 is 14.2 Å². The number of ketones is 1. The van der Waals surface area contributed by atoms with Crippen molar-refractivity contribution < 1.29 is 23.5 Å². The van der Waals surface area contributed by atoms with Crippen LogP contribution in [0.15, 0.2) is 6.07 Å². The highest BCUT2D eigenvalue weighted by molar-refractivity contribution is 5.77. The first-order valence-electron chi connectivity index (χ1n) is 7.25. The molecule has 0 aliphatic carbocycles. The molecule has 2 heterocycles. The van der Waals surface area contributed by atoms with E-state index in [1.54, 1.807) is 14.0 Å². The Hall–Kier alpha value is -1.75. The molecule has 114 valence electrons. The molecule has 3 rings (SSSR count). The Bertz CT molecular complexity index is 594. The van der Waals surface area contributed by atoms with E-state index in [1.807, 2.05) is 6.07 Å². The van der Waals surface area contributed by atoms with Crippen molar-refractivity contribution in [1.29, 1.82) is 0 Å². The molecular weight excluding hydrogens is 270 g/mol. The van der Waals surface area contributed by atoms with Gasteiger partial charge in [0.05, 0.1) is 39.7 Å². The number of ether oxygens (including phenoxy) is 3. The summed E-state index contributed by atoms with van der Waals surface area (Å²) in [6.45, 7) is 2.87. The molecule has 2 aliphatic rings. The van der Waals surface area contributed by atoms with Gasteiger partial charge >= 0.3 is 0 Å². The molecule has 0 saturated carbocycles. The van der Waals surface area contributed by atoms with Crippen molar-refractivity contribution in [2.45, 2.75) is 25.8 Å². The van der Waals surface area contributed by atoms with Crippen LogP contribution in [0.25, 0.3) is 0 Å². The second-order valence-corrected chi connectivity index (χ2v) is 6.39. The molecule has 0 unspecified atom stereocenters. The van der Waals surface area contributed by atoms with Crippen LogP contribution in [0, 0.1) is 0 Å². The molecule has 0 fully saturated rings. The molecule has 21 heavy (non-hydrogen) atoms. The number of fused-ring (bicyclic) bond motifs is 2. The summed E-state index contributed by atoms with van der Waals surface area (Å²) in [5.41, 5.74) is 2.31. The number of carbonyl (C=O) groups excluding carboxylic acids is 1. The highest BCUT2D eigenvalue weighted by Gasteiger charge is 2.41. The topological polar surface area (TPSA) is 44.8 Å². The van der Waals surface area contributed by atoms with E-state index in [9.17, 15) is 4.79 Å². The van der Waals surface area contributed by atoms with Crippen molar-refractivity contribution in [2.24, 2.45) is 0 Å². The van der Waals surface area contributed by atoms with Gasteiger partial charge in [-0.2, -0.15) is 0 Å². The minimum absolute atomic E-state index is 0.0932. The summed E-state index contributed by atoms with van der Waals surface area (Å²) < 4.78 is 17.5. The number of hydrogen-bond acceptors (Lipinski definition) is 4. The van der Waals surface area contributed by atoms with Gasteiger partial charge in [-0.05, 0) is 18.6 Å². The van der Waals surface area contributed by atoms with Crippen LogP contribution in [0.2, 0.25) is 0 Å². The van der Waals surface area contributed by atoms with Gasteiger partial charge in [-0.3, -0.25) is 4.79 Å². The van der Waals surface area contributed by atoms with Crippen LogP contribution in [-0.2, 0) is 11.2 Å². The Morgan fingerprint density at radius 2 is 2.19 bits per heavy atom. The molecule has 0 bridgehead atoms. The quantitative estimate of drug-likeness (QED) is 0.800. The number of nitrogens with zero attached hydrogens (tertiary/aromatic N) is 1. The Kier molecular flexibility index (Phi) is 3.32. The summed E-state index contributed by atoms with van der Waals surface area (Å²) in [5.74, 6) is 2.35. The van der Waals surface area contributed by atoms with Gasteiger partial charge in [0.25, 0.3) is 0 Å². The summed E-state index contributed by atoms with van der Waals surface area (Å²) >= 11 is 0. The average molecular weight is 292 g/mol. The highest BCUT2D eigenvalue weighted by Crippen LogP contribution is 2.51. The number of rotatable bonds is 3. The van der Waals surface area contributed by atoms with Gasteiger partial charge in [-0.25, -0.2) is 0 Å². The van der Waals surface area contributed by atoms with E-state index in [1.165, 1.54) is 5.56 Å². The molecule has 5 heteroatoms. The third-order valence-corrected chi connectivity index (χ3v) is 4.56. The predicted molar refractivity (Wildman–Crippen MR) is 77.8 cm³/mol. The lowest BCUT2D eigenvalue weighted by Gasteiger charge is -2.43. The first kappa shape index (κ1) is 14.2. The normalized spacial score (nSPS) is 21.8. The molecule has 5 nitrogen and oxygen atoms in total. The molecule has 0 aromatic heterocycles. The lowest BCUT2D eigenvalue weighted by atomic mass is 9.87. The minimum atomic E-state index is 0.0932. The van der Waals surface area contributed by atoms with Gasteiger partial charge in [0.15, 0.2) is 11.5 Å². The van der Waals surface area contributed by atoms with Crippen LogP contribution in [0.1, 0.15) is 30.5 Å². The Labute approximate surface area is 125 Å². The third-order valence-electron chi connectivity index (χ3n) is 4.56. The van der Waals surface area contributed by atoms with Crippen LogP contribution in [0.3, 0.4) is 0 Å². The first-order chi connectivity index (χ1) is 9.94. The van der Waals surface area contributed by atoms with Crippen LogP contribution in [-0.4, -0.2) is 44.8 Å². The molecule has 0 saturated heterocycles. The van der Waals surface area contributed by atoms with Crippen molar-refractivity contribution in [2.75, 3.05) is 34.5 Å². The standard InChI is InChI=1S/C16H22NO4/c1-10(18)7-12-14-11(5-6-17(12,2)3)8-13-15(16(14)19-4)21-9-20-13/h8,12H,5-7,9H2,1-4H3/q+1/t12-/m0/s1. The smallest absolute Gasteiger partial charge is 0.231 e. The van der Waals surface area contributed by atoms with Crippen molar-refractivity contribution in [3.8, 4) is 17.2 Å². The van der Waals surface area contributed by atoms with E-state index in [2.05, 4.69) is 14.1 Å². The van der Waals surface area contributed by atoms with Crippen LogP contribution in [0.5, 0.6) is 17.2 Å². The summed E-state index contributed by atoms with van der Waals surface area (Å²) in [7, 11) is 5.98. The fraction of sp³-hybridized carbons (Fsp3) is 0.562. The number of quaternary nitrogens is 1. The van der Waals surface area contributed by atoms with E-state index >= 15 is 0 Å². The monoisotopic (exact) mass is 292 g/mol. The third kappa shape index (κ3) is 2.25. The van der Waals surface area contributed by atoms with Gasteiger partial charge in [-0.1, -0.05) is 0 Å². The molecule has 1 aromatic carbocycles. The van der Waals surface area contributed by atoms with Crippen molar-refractivity contribution in [1.82, 2.24) is 0 Å². The van der Waals surface area contributed by atoms with Crippen LogP contribution >= 0.6 is 0 Å². The van der Waals surface area contributed by atoms with Gasteiger partial charge < -0.3 is 18.7 Å². The molecule has 0 amide bonds. The lowest BCUT2D eigenvalue weighted by Crippen LogP contribution is -2.48. The maximum absolute atomic E-state index is 11.7. The predicted octanol–water partition coefficient (Wildman–Crippen LogP) is 2.08. The van der Waals surface area contributed by atoms with Crippen LogP contribution in [0.4, 0.5) is 0 Å². The molecule has 2 aliphatic heterocycles. The second-order valence-electron chi connectivity index (χ2n) is 6.39. The first-order valence-corrected chi connectivity index (χ1v) is 7.25. The molecule has 0 N–H and O–H groups in total. The molecule has 1 aromatic rings.